The number of nitro groups is 1. The van der Waals surface area contributed by atoms with Gasteiger partial charge in [-0.2, -0.15) is 0 Å². The predicted molar refractivity (Wildman–Crippen MR) is 127 cm³/mol. The maximum Gasteiger partial charge on any atom is 0.343 e. The van der Waals surface area contributed by atoms with E-state index in [1.807, 2.05) is 0 Å². The molecule has 0 atom stereocenters. The second-order valence-corrected chi connectivity index (χ2v) is 8.15. The number of non-ortho nitro benzene ring substituents is 1. The molecule has 0 fully saturated rings. The van der Waals surface area contributed by atoms with Crippen LogP contribution in [0.1, 0.15) is 28.4 Å². The fourth-order valence-electron chi connectivity index (χ4n) is 3.38. The Morgan fingerprint density at radius 3 is 2.54 bits per heavy atom. The van der Waals surface area contributed by atoms with Gasteiger partial charge in [-0.15, -0.1) is 0 Å². The van der Waals surface area contributed by atoms with Crippen LogP contribution in [-0.4, -0.2) is 22.6 Å². The number of benzene rings is 3. The van der Waals surface area contributed by atoms with Gasteiger partial charge in [-0.05, 0) is 42.8 Å². The van der Waals surface area contributed by atoms with Crippen LogP contribution in [0.5, 0.6) is 11.5 Å². The Morgan fingerprint density at radius 2 is 1.86 bits per heavy atom. The van der Waals surface area contributed by atoms with Crippen LogP contribution in [0.2, 0.25) is 0 Å². The minimum atomic E-state index is -0.828. The number of nitro benzene ring substituents is 1. The summed E-state index contributed by atoms with van der Waals surface area (Å²) in [5.41, 5.74) is 0.528. The molecule has 178 valence electrons. The fourth-order valence-corrected chi connectivity index (χ4v) is 3.65. The molecule has 3 aromatic carbocycles. The minimum absolute atomic E-state index is 0.0191. The third kappa shape index (κ3) is 4.97. The lowest BCUT2D eigenvalue weighted by atomic mass is 9.96. The van der Waals surface area contributed by atoms with Gasteiger partial charge in [0.25, 0.3) is 5.69 Å². The van der Waals surface area contributed by atoms with Gasteiger partial charge in [0.1, 0.15) is 11.5 Å². The first kappa shape index (κ1) is 23.8. The highest BCUT2D eigenvalue weighted by atomic mass is 79.9. The van der Waals surface area contributed by atoms with Crippen molar-refractivity contribution >= 4 is 38.9 Å². The van der Waals surface area contributed by atoms with Gasteiger partial charge in [-0.1, -0.05) is 39.9 Å². The second-order valence-electron chi connectivity index (χ2n) is 7.24. The van der Waals surface area contributed by atoms with Crippen LogP contribution < -0.4 is 14.6 Å². The number of esters is 1. The van der Waals surface area contributed by atoms with Crippen LogP contribution in [0.15, 0.2) is 82.9 Å². The van der Waals surface area contributed by atoms with E-state index in [0.29, 0.717) is 5.56 Å². The molecule has 1 heterocycles. The molecular formula is C25H17BrNO8-. The number of nitrogens with zero attached hydrogens (tertiary/aromatic N) is 1. The van der Waals surface area contributed by atoms with Gasteiger partial charge in [-0.3, -0.25) is 10.1 Å². The molecule has 0 aliphatic carbocycles. The number of hydrogen-bond acceptors (Lipinski definition) is 8. The Kier molecular flexibility index (Phi) is 6.74. The molecule has 0 spiro atoms. The smallest absolute Gasteiger partial charge is 0.343 e. The van der Waals surface area contributed by atoms with E-state index in [1.165, 1.54) is 36.4 Å². The van der Waals surface area contributed by atoms with Crippen molar-refractivity contribution in [1.29, 1.82) is 0 Å². The van der Waals surface area contributed by atoms with Crippen molar-refractivity contribution in [3.05, 3.63) is 110 Å². The summed E-state index contributed by atoms with van der Waals surface area (Å²) < 4.78 is 17.2. The van der Waals surface area contributed by atoms with Crippen molar-refractivity contribution in [3.8, 4) is 11.5 Å². The zero-order valence-electron chi connectivity index (χ0n) is 18.2. The molecule has 3 aromatic rings. The number of ether oxygens (including phenoxy) is 3. The molecule has 0 unspecified atom stereocenters. The topological polar surface area (TPSA) is 131 Å². The molecule has 0 amide bonds. The van der Waals surface area contributed by atoms with Crippen LogP contribution in [0, 0.1) is 10.1 Å². The van der Waals surface area contributed by atoms with E-state index in [4.69, 9.17) is 14.2 Å². The second kappa shape index (κ2) is 9.90. The maximum absolute atomic E-state index is 13.4. The Hall–Kier alpha value is -4.31. The van der Waals surface area contributed by atoms with Gasteiger partial charge in [0.15, 0.2) is 0 Å². The average molecular weight is 539 g/mol. The number of carbonyl (C=O) groups excluding carboxylic acids is 1. The molecule has 9 nitrogen and oxygen atoms in total. The van der Waals surface area contributed by atoms with E-state index >= 15 is 0 Å². The van der Waals surface area contributed by atoms with Crippen LogP contribution in [-0.2, 0) is 4.74 Å². The molecule has 4 rings (SSSR count). The first-order valence-electron chi connectivity index (χ1n) is 10.3. The first-order chi connectivity index (χ1) is 16.8. The number of allylic oxidation sites excluding steroid dienone is 1. The summed E-state index contributed by atoms with van der Waals surface area (Å²) in [5, 5.41) is 34.8. The number of aliphatic hydroxyl groups is 1. The zero-order valence-corrected chi connectivity index (χ0v) is 19.8. The number of aliphatic hydroxyl groups excluding tert-OH is 1. The standard InChI is InChI=1S/C25H18BrNO8/c1-2-33-25(30)23-21(14-6-8-16(26)9-7-14)22(28)19-11-10-18(13-20(19)35-23)34-24(29)15-4-3-5-17(12-15)27(31)32/h3-13,28,30H,2H2,1H3/p-1. The summed E-state index contributed by atoms with van der Waals surface area (Å²) >= 11 is 3.35. The predicted octanol–water partition coefficient (Wildman–Crippen LogP) is 4.96. The third-order valence-corrected chi connectivity index (χ3v) is 5.50. The highest BCUT2D eigenvalue weighted by Crippen LogP contribution is 2.42. The summed E-state index contributed by atoms with van der Waals surface area (Å²) in [6.45, 7) is 1.80. The van der Waals surface area contributed by atoms with Crippen LogP contribution in [0.4, 0.5) is 5.69 Å². The summed E-state index contributed by atoms with van der Waals surface area (Å²) in [5.74, 6) is -1.91. The molecule has 1 N–H and O–H groups in total. The lowest BCUT2D eigenvalue weighted by molar-refractivity contribution is -0.384. The molecule has 0 saturated heterocycles. The highest BCUT2D eigenvalue weighted by Gasteiger charge is 2.26. The molecule has 10 heteroatoms. The van der Waals surface area contributed by atoms with Crippen LogP contribution in [0.3, 0.4) is 0 Å². The van der Waals surface area contributed by atoms with Crippen LogP contribution in [0.25, 0.3) is 11.3 Å². The van der Waals surface area contributed by atoms with E-state index in [-0.39, 0.29) is 46.3 Å². The molecule has 1 aliphatic rings. The van der Waals surface area contributed by atoms with E-state index in [1.54, 1.807) is 31.2 Å². The van der Waals surface area contributed by atoms with Gasteiger partial charge in [0.05, 0.1) is 17.1 Å². The third-order valence-electron chi connectivity index (χ3n) is 4.98. The van der Waals surface area contributed by atoms with Gasteiger partial charge < -0.3 is 24.4 Å². The summed E-state index contributed by atoms with van der Waals surface area (Å²) in [7, 11) is 0. The Balaban J connectivity index is 1.72. The summed E-state index contributed by atoms with van der Waals surface area (Å²) in [6.07, 6.45) is 0. The monoisotopic (exact) mass is 538 g/mol. The lowest BCUT2D eigenvalue weighted by Gasteiger charge is -2.29. The van der Waals surface area contributed by atoms with E-state index in [2.05, 4.69) is 15.9 Å². The van der Waals surface area contributed by atoms with Gasteiger partial charge in [0, 0.05) is 33.8 Å². The maximum atomic E-state index is 13.4. The summed E-state index contributed by atoms with van der Waals surface area (Å²) in [4.78, 5) is 22.9. The number of halogens is 1. The number of hydrogen-bond donors (Lipinski definition) is 1. The number of rotatable bonds is 6. The largest absolute Gasteiger partial charge is 0.871 e. The lowest BCUT2D eigenvalue weighted by Crippen LogP contribution is -2.18. The molecule has 1 aliphatic heterocycles. The SMILES string of the molecule is CCOC(O)=C1Oc2cc(OC(=O)c3cccc([N+](=O)[O-])c3)ccc2C([O-])=C1c1ccc(Br)cc1. The van der Waals surface area contributed by atoms with Gasteiger partial charge >= 0.3 is 11.9 Å². The average Bonchev–Trinajstić information content (AvgIpc) is 2.84. The van der Waals surface area contributed by atoms with Crippen LogP contribution >= 0.6 is 15.9 Å². The molecule has 0 radical (unpaired) electrons. The van der Waals surface area contributed by atoms with Crippen molar-refractivity contribution in [3.63, 3.8) is 0 Å². The van der Waals surface area contributed by atoms with Crippen molar-refractivity contribution in [2.45, 2.75) is 6.92 Å². The van der Waals surface area contributed by atoms with Crippen molar-refractivity contribution < 1.29 is 34.1 Å². The number of carbonyl (C=O) groups is 1. The van der Waals surface area contributed by atoms with Gasteiger partial charge in [-0.25, -0.2) is 4.79 Å². The van der Waals surface area contributed by atoms with Crippen molar-refractivity contribution in [2.24, 2.45) is 0 Å². The van der Waals surface area contributed by atoms with Gasteiger partial charge in [0.2, 0.25) is 5.76 Å². The van der Waals surface area contributed by atoms with Crippen molar-refractivity contribution in [1.82, 2.24) is 0 Å². The number of fused-ring (bicyclic) bond motifs is 1. The normalized spacial score (nSPS) is 14.0. The molecule has 35 heavy (non-hydrogen) atoms. The first-order valence-corrected chi connectivity index (χ1v) is 11.1. The Morgan fingerprint density at radius 1 is 1.11 bits per heavy atom. The quantitative estimate of drug-likeness (QED) is 0.153. The minimum Gasteiger partial charge on any atom is -0.871 e. The Labute approximate surface area is 207 Å². The molecular weight excluding hydrogens is 522 g/mol. The molecule has 0 bridgehead atoms. The highest BCUT2D eigenvalue weighted by molar-refractivity contribution is 9.10. The fraction of sp³-hybridized carbons (Fsp3) is 0.0800. The van der Waals surface area contributed by atoms with E-state index in [0.717, 1.165) is 10.5 Å². The van der Waals surface area contributed by atoms with E-state index in [9.17, 15) is 25.1 Å². The Bertz CT molecular complexity index is 1380. The summed E-state index contributed by atoms with van der Waals surface area (Å²) in [6, 6.07) is 16.2. The molecule has 0 aromatic heterocycles. The van der Waals surface area contributed by atoms with E-state index < -0.39 is 22.6 Å². The molecule has 0 saturated carbocycles. The zero-order chi connectivity index (χ0) is 25.1. The van der Waals surface area contributed by atoms with Crippen molar-refractivity contribution in [2.75, 3.05) is 6.61 Å².